The van der Waals surface area contributed by atoms with Gasteiger partial charge in [0.25, 0.3) is 10.0 Å². The number of aryl methyl sites for hydroxylation is 1. The summed E-state index contributed by atoms with van der Waals surface area (Å²) in [5.74, 6) is 0.0213. The van der Waals surface area contributed by atoms with Gasteiger partial charge in [-0.1, -0.05) is 47.0 Å². The number of methoxy groups -OCH3 is 2. The van der Waals surface area contributed by atoms with Crippen LogP contribution in [0.15, 0.2) is 65.6 Å². The van der Waals surface area contributed by atoms with E-state index < -0.39 is 22.5 Å². The smallest absolute Gasteiger partial charge is 0.264 e. The molecule has 0 aliphatic heterocycles. The van der Waals surface area contributed by atoms with E-state index in [1.165, 1.54) is 32.4 Å². The Morgan fingerprint density at radius 1 is 1.00 bits per heavy atom. The molecule has 3 rings (SSSR count). The number of carbonyl (C=O) groups excluding carboxylic acids is 1. The number of ether oxygens (including phenoxy) is 2. The van der Waals surface area contributed by atoms with Gasteiger partial charge in [-0.25, -0.2) is 8.42 Å². The van der Waals surface area contributed by atoms with Crippen molar-refractivity contribution in [2.75, 3.05) is 30.4 Å². The highest BCUT2D eigenvalue weighted by atomic mass is 35.5. The number of nitrogens with one attached hydrogen (secondary N) is 1. The molecule has 0 aliphatic rings. The van der Waals surface area contributed by atoms with Crippen LogP contribution in [0.2, 0.25) is 10.0 Å². The van der Waals surface area contributed by atoms with Crippen molar-refractivity contribution < 1.29 is 22.7 Å². The zero-order chi connectivity index (χ0) is 24.2. The lowest BCUT2D eigenvalue weighted by Crippen LogP contribution is -2.38. The van der Waals surface area contributed by atoms with Crippen LogP contribution < -0.4 is 19.1 Å². The molecule has 1 amide bonds. The van der Waals surface area contributed by atoms with Crippen LogP contribution in [0.1, 0.15) is 5.56 Å². The predicted molar refractivity (Wildman–Crippen MR) is 130 cm³/mol. The zero-order valence-corrected chi connectivity index (χ0v) is 20.5. The molecule has 1 N–H and O–H groups in total. The largest absolute Gasteiger partial charge is 0.497 e. The molecule has 0 saturated carbocycles. The molecule has 10 heteroatoms. The lowest BCUT2D eigenvalue weighted by atomic mass is 10.2. The third kappa shape index (κ3) is 5.52. The van der Waals surface area contributed by atoms with E-state index in [9.17, 15) is 13.2 Å². The number of nitrogens with zero attached hydrogens (tertiary/aromatic N) is 1. The van der Waals surface area contributed by atoms with Crippen molar-refractivity contribution in [1.29, 1.82) is 0 Å². The second kappa shape index (κ2) is 10.3. The molecular formula is C23H22Cl2N2O5S. The minimum Gasteiger partial charge on any atom is -0.497 e. The Morgan fingerprint density at radius 3 is 2.33 bits per heavy atom. The number of halogens is 2. The minimum atomic E-state index is -4.16. The van der Waals surface area contributed by atoms with Crippen molar-refractivity contribution >= 4 is 50.5 Å². The molecule has 0 fully saturated rings. The van der Waals surface area contributed by atoms with Crippen LogP contribution in [0.4, 0.5) is 11.4 Å². The van der Waals surface area contributed by atoms with Gasteiger partial charge >= 0.3 is 0 Å². The number of benzene rings is 3. The lowest BCUT2D eigenvalue weighted by molar-refractivity contribution is -0.114. The minimum absolute atomic E-state index is 0.0200. The van der Waals surface area contributed by atoms with Crippen molar-refractivity contribution in [2.45, 2.75) is 11.8 Å². The molecular weight excluding hydrogens is 487 g/mol. The van der Waals surface area contributed by atoms with Gasteiger partial charge in [0, 0.05) is 6.07 Å². The Kier molecular flexibility index (Phi) is 7.73. The number of amides is 1. The maximum atomic E-state index is 13.6. The molecule has 3 aromatic carbocycles. The normalized spacial score (nSPS) is 11.1. The maximum absolute atomic E-state index is 13.6. The lowest BCUT2D eigenvalue weighted by Gasteiger charge is -2.26. The molecule has 0 aromatic heterocycles. The average Bonchev–Trinajstić information content (AvgIpc) is 2.80. The maximum Gasteiger partial charge on any atom is 0.264 e. The molecule has 0 bridgehead atoms. The first kappa shape index (κ1) is 24.7. The van der Waals surface area contributed by atoms with Crippen molar-refractivity contribution in [3.05, 3.63) is 76.3 Å². The molecule has 0 radical (unpaired) electrons. The van der Waals surface area contributed by atoms with Crippen LogP contribution in [0.25, 0.3) is 0 Å². The van der Waals surface area contributed by atoms with E-state index in [4.69, 9.17) is 32.7 Å². The van der Waals surface area contributed by atoms with Gasteiger partial charge in [-0.3, -0.25) is 9.10 Å². The summed E-state index contributed by atoms with van der Waals surface area (Å²) in [4.78, 5) is 13.0. The van der Waals surface area contributed by atoms with Gasteiger partial charge < -0.3 is 14.8 Å². The first-order valence-electron chi connectivity index (χ1n) is 9.72. The number of rotatable bonds is 8. The molecule has 0 unspecified atom stereocenters. The molecule has 0 saturated heterocycles. The van der Waals surface area contributed by atoms with Gasteiger partial charge in [-0.15, -0.1) is 0 Å². The van der Waals surface area contributed by atoms with Gasteiger partial charge in [0.2, 0.25) is 5.91 Å². The highest BCUT2D eigenvalue weighted by Crippen LogP contribution is 2.36. The standard InChI is InChI=1S/C23H22Cl2N2O5S/c1-15-7-10-17(11-8-15)33(29,30)27(20-13-16(31-2)9-12-21(20)32-3)14-22(28)26-19-6-4-5-18(24)23(19)25/h4-13H,14H2,1-3H3,(H,26,28). The summed E-state index contributed by atoms with van der Waals surface area (Å²) in [7, 11) is -1.29. The SMILES string of the molecule is COc1ccc(OC)c(N(CC(=O)Nc2cccc(Cl)c2Cl)S(=O)(=O)c2ccc(C)cc2)c1. The monoisotopic (exact) mass is 508 g/mol. The molecule has 3 aromatic rings. The molecule has 0 atom stereocenters. The Labute approximate surface area is 202 Å². The first-order valence-corrected chi connectivity index (χ1v) is 11.9. The van der Waals surface area contributed by atoms with Crippen molar-refractivity contribution in [3.8, 4) is 11.5 Å². The summed E-state index contributed by atoms with van der Waals surface area (Å²) in [6.45, 7) is 1.30. The van der Waals surface area contributed by atoms with Crippen LogP contribution in [0.5, 0.6) is 11.5 Å². The van der Waals surface area contributed by atoms with E-state index in [0.717, 1.165) is 9.87 Å². The fraction of sp³-hybridized carbons (Fsp3) is 0.174. The number of carbonyl (C=O) groups is 1. The molecule has 0 heterocycles. The molecule has 33 heavy (non-hydrogen) atoms. The molecule has 0 spiro atoms. The van der Waals surface area contributed by atoms with Gasteiger partial charge in [0.05, 0.1) is 40.5 Å². The number of hydrogen-bond donors (Lipinski definition) is 1. The van der Waals surface area contributed by atoms with Crippen LogP contribution in [0.3, 0.4) is 0 Å². The summed E-state index contributed by atoms with van der Waals surface area (Å²) < 4.78 is 38.8. The van der Waals surface area contributed by atoms with Gasteiger partial charge in [0.1, 0.15) is 18.0 Å². The van der Waals surface area contributed by atoms with Crippen molar-refractivity contribution in [2.24, 2.45) is 0 Å². The average molecular weight is 509 g/mol. The quantitative estimate of drug-likeness (QED) is 0.454. The molecule has 174 valence electrons. The fourth-order valence-corrected chi connectivity index (χ4v) is 4.82. The van der Waals surface area contributed by atoms with Crippen LogP contribution in [0, 0.1) is 6.92 Å². The first-order chi connectivity index (χ1) is 15.7. The number of hydrogen-bond acceptors (Lipinski definition) is 5. The summed E-state index contributed by atoms with van der Waals surface area (Å²) in [5.41, 5.74) is 1.30. The Bertz CT molecular complexity index is 1260. The van der Waals surface area contributed by atoms with Crippen LogP contribution >= 0.6 is 23.2 Å². The third-order valence-electron chi connectivity index (χ3n) is 4.78. The summed E-state index contributed by atoms with van der Waals surface area (Å²) in [6.07, 6.45) is 0. The fourth-order valence-electron chi connectivity index (χ4n) is 3.05. The van der Waals surface area contributed by atoms with E-state index in [1.54, 1.807) is 42.5 Å². The van der Waals surface area contributed by atoms with Crippen molar-refractivity contribution in [1.82, 2.24) is 0 Å². The highest BCUT2D eigenvalue weighted by Gasteiger charge is 2.30. The van der Waals surface area contributed by atoms with Gasteiger partial charge in [-0.05, 0) is 43.3 Å². The van der Waals surface area contributed by atoms with Gasteiger partial charge in [0.15, 0.2) is 0 Å². The zero-order valence-electron chi connectivity index (χ0n) is 18.1. The number of sulfonamides is 1. The van der Waals surface area contributed by atoms with E-state index in [-0.39, 0.29) is 32.1 Å². The second-order valence-corrected chi connectivity index (χ2v) is 9.66. The summed E-state index contributed by atoms with van der Waals surface area (Å²) in [5, 5.41) is 3.03. The molecule has 0 aliphatic carbocycles. The van der Waals surface area contributed by atoms with E-state index >= 15 is 0 Å². The van der Waals surface area contributed by atoms with E-state index in [1.807, 2.05) is 6.92 Å². The Hall–Kier alpha value is -2.94. The predicted octanol–water partition coefficient (Wildman–Crippen LogP) is 5.15. The van der Waals surface area contributed by atoms with Crippen LogP contribution in [-0.4, -0.2) is 35.1 Å². The Balaban J connectivity index is 2.07. The van der Waals surface area contributed by atoms with Gasteiger partial charge in [-0.2, -0.15) is 0 Å². The van der Waals surface area contributed by atoms with Crippen molar-refractivity contribution in [3.63, 3.8) is 0 Å². The second-order valence-electron chi connectivity index (χ2n) is 7.01. The highest BCUT2D eigenvalue weighted by molar-refractivity contribution is 7.92. The van der Waals surface area contributed by atoms with E-state index in [2.05, 4.69) is 5.32 Å². The summed E-state index contributed by atoms with van der Waals surface area (Å²) in [6, 6.07) is 15.8. The molecule has 7 nitrogen and oxygen atoms in total. The van der Waals surface area contributed by atoms with Crippen LogP contribution in [-0.2, 0) is 14.8 Å². The van der Waals surface area contributed by atoms with E-state index in [0.29, 0.717) is 5.75 Å². The summed E-state index contributed by atoms with van der Waals surface area (Å²) >= 11 is 12.2. The third-order valence-corrected chi connectivity index (χ3v) is 7.37. The Morgan fingerprint density at radius 2 is 1.70 bits per heavy atom. The number of anilines is 2. The topological polar surface area (TPSA) is 84.9 Å².